The number of nitrogens with one attached hydrogen (secondary N) is 2. The van der Waals surface area contributed by atoms with Gasteiger partial charge in [0.25, 0.3) is 0 Å². The van der Waals surface area contributed by atoms with Gasteiger partial charge in [-0.05, 0) is 37.1 Å². The first kappa shape index (κ1) is 23.9. The second kappa shape index (κ2) is 12.9. The van der Waals surface area contributed by atoms with Crippen LogP contribution in [0.5, 0.6) is 11.5 Å². The van der Waals surface area contributed by atoms with Crippen LogP contribution in [0.15, 0.2) is 53.5 Å². The van der Waals surface area contributed by atoms with E-state index in [4.69, 9.17) is 19.2 Å². The van der Waals surface area contributed by atoms with E-state index in [1.54, 1.807) is 7.11 Å². The van der Waals surface area contributed by atoms with Crippen LogP contribution in [0.1, 0.15) is 25.0 Å². The van der Waals surface area contributed by atoms with E-state index >= 15 is 0 Å². The first-order valence-electron chi connectivity index (χ1n) is 11.4. The molecule has 1 aliphatic heterocycles. The van der Waals surface area contributed by atoms with Gasteiger partial charge in [0.15, 0.2) is 17.5 Å². The van der Waals surface area contributed by atoms with Crippen molar-refractivity contribution in [2.75, 3.05) is 46.5 Å². The molecule has 174 valence electrons. The van der Waals surface area contributed by atoms with E-state index in [-0.39, 0.29) is 0 Å². The van der Waals surface area contributed by atoms with Crippen molar-refractivity contribution in [2.24, 2.45) is 4.99 Å². The van der Waals surface area contributed by atoms with Crippen LogP contribution in [0.3, 0.4) is 0 Å². The molecule has 0 bridgehead atoms. The van der Waals surface area contributed by atoms with Crippen LogP contribution in [0.4, 0.5) is 0 Å². The number of aliphatic imine (C=N–C) groups is 1. The molecule has 1 unspecified atom stereocenters. The molecule has 7 heteroatoms. The summed E-state index contributed by atoms with van der Waals surface area (Å²) < 4.78 is 17.0. The minimum absolute atomic E-state index is 0.420. The molecule has 2 N–H and O–H groups in total. The monoisotopic (exact) mass is 440 g/mol. The van der Waals surface area contributed by atoms with Gasteiger partial charge in [-0.2, -0.15) is 0 Å². The molecule has 32 heavy (non-hydrogen) atoms. The molecular weight excluding hydrogens is 404 g/mol. The molecule has 0 spiro atoms. The lowest BCUT2D eigenvalue weighted by atomic mass is 10.2. The van der Waals surface area contributed by atoms with E-state index in [0.29, 0.717) is 24.9 Å². The van der Waals surface area contributed by atoms with Gasteiger partial charge in [0.05, 0.1) is 26.9 Å². The first-order valence-corrected chi connectivity index (χ1v) is 11.4. The maximum Gasteiger partial charge on any atom is 0.191 e. The highest BCUT2D eigenvalue weighted by atomic mass is 16.5. The number of hydrogen-bond donors (Lipinski definition) is 2. The first-order chi connectivity index (χ1) is 15.7. The van der Waals surface area contributed by atoms with E-state index in [2.05, 4.69) is 29.4 Å². The Hall–Kier alpha value is -2.77. The van der Waals surface area contributed by atoms with Crippen molar-refractivity contribution in [3.63, 3.8) is 0 Å². The summed E-state index contributed by atoms with van der Waals surface area (Å²) in [6.45, 7) is 10.6. The second-order valence-electron chi connectivity index (χ2n) is 7.83. The number of nitrogens with zero attached hydrogens (tertiary/aromatic N) is 2. The Morgan fingerprint density at radius 2 is 1.84 bits per heavy atom. The molecule has 3 rings (SSSR count). The molecule has 0 aromatic heterocycles. The zero-order chi connectivity index (χ0) is 22.6. The van der Waals surface area contributed by atoms with Gasteiger partial charge in [0.1, 0.15) is 6.61 Å². The van der Waals surface area contributed by atoms with Gasteiger partial charge in [-0.25, -0.2) is 4.99 Å². The van der Waals surface area contributed by atoms with E-state index in [1.807, 2.05) is 48.5 Å². The van der Waals surface area contributed by atoms with Gasteiger partial charge < -0.3 is 24.8 Å². The van der Waals surface area contributed by atoms with Crippen molar-refractivity contribution in [3.05, 3.63) is 59.7 Å². The topological polar surface area (TPSA) is 67.4 Å². The zero-order valence-electron chi connectivity index (χ0n) is 19.5. The highest BCUT2D eigenvalue weighted by Gasteiger charge is 2.17. The highest BCUT2D eigenvalue weighted by Crippen LogP contribution is 2.29. The maximum atomic E-state index is 5.96. The summed E-state index contributed by atoms with van der Waals surface area (Å²) in [6.07, 6.45) is 0. The lowest BCUT2D eigenvalue weighted by molar-refractivity contribution is 0.0211. The Morgan fingerprint density at radius 1 is 1.06 bits per heavy atom. The molecule has 1 saturated heterocycles. The van der Waals surface area contributed by atoms with Crippen LogP contribution >= 0.6 is 0 Å². The van der Waals surface area contributed by atoms with Gasteiger partial charge in [-0.1, -0.05) is 36.4 Å². The normalized spacial score (nSPS) is 15.8. The number of methoxy groups -OCH3 is 1. The Kier molecular flexibility index (Phi) is 9.65. The Morgan fingerprint density at radius 3 is 2.56 bits per heavy atom. The summed E-state index contributed by atoms with van der Waals surface area (Å²) in [4.78, 5) is 7.20. The van der Waals surface area contributed by atoms with Crippen LogP contribution in [-0.2, 0) is 17.9 Å². The lowest BCUT2D eigenvalue weighted by Gasteiger charge is -2.32. The fourth-order valence-corrected chi connectivity index (χ4v) is 3.57. The third-order valence-electron chi connectivity index (χ3n) is 5.46. The van der Waals surface area contributed by atoms with Crippen molar-refractivity contribution in [1.82, 2.24) is 15.5 Å². The van der Waals surface area contributed by atoms with Crippen molar-refractivity contribution in [3.8, 4) is 11.5 Å². The average Bonchev–Trinajstić information content (AvgIpc) is 2.85. The second-order valence-corrected chi connectivity index (χ2v) is 7.83. The molecule has 0 amide bonds. The summed E-state index contributed by atoms with van der Waals surface area (Å²) in [5.74, 6) is 2.26. The van der Waals surface area contributed by atoms with E-state index < -0.39 is 0 Å². The fraction of sp³-hybridized carbons (Fsp3) is 0.480. The third kappa shape index (κ3) is 7.43. The van der Waals surface area contributed by atoms with Crippen LogP contribution in [0.25, 0.3) is 0 Å². The number of benzene rings is 2. The van der Waals surface area contributed by atoms with Crippen LogP contribution in [0, 0.1) is 0 Å². The van der Waals surface area contributed by atoms with Crippen molar-refractivity contribution < 1.29 is 14.2 Å². The molecule has 2 aromatic rings. The molecule has 1 heterocycles. The van der Waals surface area contributed by atoms with Gasteiger partial charge in [0.2, 0.25) is 0 Å². The highest BCUT2D eigenvalue weighted by molar-refractivity contribution is 5.79. The van der Waals surface area contributed by atoms with Gasteiger partial charge in [-0.3, -0.25) is 4.90 Å². The molecule has 1 fully saturated rings. The lowest BCUT2D eigenvalue weighted by Crippen LogP contribution is -2.49. The molecule has 1 aliphatic rings. The predicted molar refractivity (Wildman–Crippen MR) is 128 cm³/mol. The number of ether oxygens (including phenoxy) is 3. The van der Waals surface area contributed by atoms with Crippen LogP contribution < -0.4 is 20.1 Å². The maximum absolute atomic E-state index is 5.96. The summed E-state index contributed by atoms with van der Waals surface area (Å²) >= 11 is 0. The number of rotatable bonds is 10. The molecule has 1 atom stereocenters. The Labute approximate surface area is 191 Å². The molecule has 0 radical (unpaired) electrons. The standard InChI is InChI=1S/C25H36N4O3/c1-4-26-25(27-17-20(2)29-12-14-31-15-13-29)28-18-22-10-11-23(24(16-22)30-3)32-19-21-8-6-5-7-9-21/h5-11,16,20H,4,12-15,17-19H2,1-3H3,(H2,26,27,28). The summed E-state index contributed by atoms with van der Waals surface area (Å²) in [6, 6.07) is 16.5. The Balaban J connectivity index is 1.56. The quantitative estimate of drug-likeness (QED) is 0.437. The molecule has 0 aliphatic carbocycles. The largest absolute Gasteiger partial charge is 0.493 e. The molecule has 2 aromatic carbocycles. The smallest absolute Gasteiger partial charge is 0.191 e. The van der Waals surface area contributed by atoms with Crippen LogP contribution in [0.2, 0.25) is 0 Å². The van der Waals surface area contributed by atoms with Gasteiger partial charge in [-0.15, -0.1) is 0 Å². The third-order valence-corrected chi connectivity index (χ3v) is 5.46. The van der Waals surface area contributed by atoms with E-state index in [9.17, 15) is 0 Å². The summed E-state index contributed by atoms with van der Waals surface area (Å²) in [5, 5.41) is 6.80. The Bertz CT molecular complexity index is 838. The molecule has 7 nitrogen and oxygen atoms in total. The minimum atomic E-state index is 0.420. The van der Waals surface area contributed by atoms with Crippen molar-refractivity contribution in [2.45, 2.75) is 33.0 Å². The number of guanidine groups is 1. The zero-order valence-corrected chi connectivity index (χ0v) is 19.5. The predicted octanol–water partition coefficient (Wildman–Crippen LogP) is 3.05. The van der Waals surface area contributed by atoms with Gasteiger partial charge in [0, 0.05) is 32.2 Å². The van der Waals surface area contributed by atoms with Crippen molar-refractivity contribution >= 4 is 5.96 Å². The minimum Gasteiger partial charge on any atom is -0.493 e. The van der Waals surface area contributed by atoms with E-state index in [1.165, 1.54) is 0 Å². The summed E-state index contributed by atoms with van der Waals surface area (Å²) in [7, 11) is 1.66. The molecular formula is C25H36N4O3. The number of morpholine rings is 1. The van der Waals surface area contributed by atoms with Crippen LogP contribution in [-0.4, -0.2) is 63.4 Å². The SMILES string of the molecule is CCNC(=NCc1ccc(OCc2ccccc2)c(OC)c1)NCC(C)N1CCOCC1. The summed E-state index contributed by atoms with van der Waals surface area (Å²) in [5.41, 5.74) is 2.18. The average molecular weight is 441 g/mol. The fourth-order valence-electron chi connectivity index (χ4n) is 3.57. The van der Waals surface area contributed by atoms with E-state index in [0.717, 1.165) is 62.2 Å². The van der Waals surface area contributed by atoms with Crippen molar-refractivity contribution in [1.29, 1.82) is 0 Å². The number of hydrogen-bond acceptors (Lipinski definition) is 5. The van der Waals surface area contributed by atoms with Gasteiger partial charge >= 0.3 is 0 Å². The molecule has 0 saturated carbocycles.